The molecule has 2 saturated heterocycles. The molecule has 1 unspecified atom stereocenters. The summed E-state index contributed by atoms with van der Waals surface area (Å²) in [6, 6.07) is 2.26. The number of nitrogens with zero attached hydrogens (tertiary/aromatic N) is 1. The summed E-state index contributed by atoms with van der Waals surface area (Å²) in [7, 11) is 0. The fraction of sp³-hybridized carbons (Fsp3) is 0.688. The first-order valence-electron chi connectivity index (χ1n) is 7.88. The van der Waals surface area contributed by atoms with Crippen molar-refractivity contribution in [3.05, 3.63) is 21.9 Å². The van der Waals surface area contributed by atoms with Gasteiger partial charge in [-0.3, -0.25) is 9.69 Å². The Bertz CT molecular complexity index is 533. The van der Waals surface area contributed by atoms with Crippen molar-refractivity contribution in [1.29, 1.82) is 0 Å². The summed E-state index contributed by atoms with van der Waals surface area (Å²) in [4.78, 5) is 15.1. The molecule has 2 fully saturated rings. The molecule has 3 aliphatic rings. The van der Waals surface area contributed by atoms with Crippen LogP contribution < -0.4 is 0 Å². The predicted octanol–water partition coefficient (Wildman–Crippen LogP) is 2.32. The van der Waals surface area contributed by atoms with Crippen LogP contribution in [0.3, 0.4) is 0 Å². The number of rotatable bonds is 2. The molecule has 0 amide bonds. The molecular formula is C16H21NO3S. The molecule has 0 N–H and O–H groups in total. The summed E-state index contributed by atoms with van der Waals surface area (Å²) >= 11 is 1.87. The molecule has 21 heavy (non-hydrogen) atoms. The average Bonchev–Trinajstić information content (AvgIpc) is 3.12. The summed E-state index contributed by atoms with van der Waals surface area (Å²) in [6.45, 7) is 3.80. The van der Waals surface area contributed by atoms with Crippen LogP contribution in [0.25, 0.3) is 0 Å². The van der Waals surface area contributed by atoms with Gasteiger partial charge in [0, 0.05) is 37.4 Å². The molecule has 1 atom stereocenters. The SMILES string of the molecule is O=C1CCC(CN2CCC3(CC2)OCCc2sccc23)O1. The number of hydrogen-bond acceptors (Lipinski definition) is 5. The van der Waals surface area contributed by atoms with E-state index in [1.165, 1.54) is 10.4 Å². The fourth-order valence-corrected chi connectivity index (χ4v) is 4.82. The van der Waals surface area contributed by atoms with Crippen molar-refractivity contribution < 1.29 is 14.3 Å². The lowest BCUT2D eigenvalue weighted by atomic mass is 9.82. The van der Waals surface area contributed by atoms with Crippen LogP contribution in [-0.2, 0) is 26.3 Å². The zero-order chi connectivity index (χ0) is 14.3. The van der Waals surface area contributed by atoms with Crippen LogP contribution in [0.2, 0.25) is 0 Å². The van der Waals surface area contributed by atoms with Gasteiger partial charge >= 0.3 is 5.97 Å². The van der Waals surface area contributed by atoms with E-state index in [0.29, 0.717) is 6.42 Å². The Morgan fingerprint density at radius 2 is 2.19 bits per heavy atom. The number of ether oxygens (including phenoxy) is 2. The molecule has 0 aromatic carbocycles. The first kappa shape index (κ1) is 13.7. The van der Waals surface area contributed by atoms with Crippen LogP contribution in [0.1, 0.15) is 36.1 Å². The Labute approximate surface area is 129 Å². The van der Waals surface area contributed by atoms with Crippen LogP contribution in [-0.4, -0.2) is 43.2 Å². The Morgan fingerprint density at radius 1 is 1.33 bits per heavy atom. The Hall–Kier alpha value is -0.910. The van der Waals surface area contributed by atoms with Gasteiger partial charge in [-0.15, -0.1) is 11.3 Å². The molecule has 0 bridgehead atoms. The van der Waals surface area contributed by atoms with E-state index in [4.69, 9.17) is 9.47 Å². The minimum Gasteiger partial charge on any atom is -0.461 e. The van der Waals surface area contributed by atoms with Gasteiger partial charge in [0.1, 0.15) is 6.10 Å². The van der Waals surface area contributed by atoms with Gasteiger partial charge in [-0.05, 0) is 36.3 Å². The number of carbonyl (C=O) groups is 1. The van der Waals surface area contributed by atoms with Gasteiger partial charge < -0.3 is 9.47 Å². The van der Waals surface area contributed by atoms with Crippen LogP contribution in [0.5, 0.6) is 0 Å². The predicted molar refractivity (Wildman–Crippen MR) is 80.4 cm³/mol. The van der Waals surface area contributed by atoms with E-state index in [2.05, 4.69) is 16.3 Å². The maximum atomic E-state index is 11.2. The zero-order valence-corrected chi connectivity index (χ0v) is 13.0. The molecule has 4 rings (SSSR count). The molecule has 5 heteroatoms. The standard InChI is InChI=1S/C16H21NO3S/c18-15-2-1-12(20-15)11-17-7-5-16(6-8-17)13-4-10-21-14(13)3-9-19-16/h4,10,12H,1-3,5-9,11H2. The third kappa shape index (κ3) is 2.51. The molecule has 0 radical (unpaired) electrons. The highest BCUT2D eigenvalue weighted by molar-refractivity contribution is 7.10. The van der Waals surface area contributed by atoms with Crippen LogP contribution >= 0.6 is 11.3 Å². The Kier molecular flexibility index (Phi) is 3.52. The normalized spacial score (nSPS) is 28.6. The minimum absolute atomic E-state index is 0.0352. The molecule has 0 saturated carbocycles. The summed E-state index contributed by atoms with van der Waals surface area (Å²) in [5.41, 5.74) is 1.39. The van der Waals surface area contributed by atoms with Crippen LogP contribution in [0, 0.1) is 0 Å². The van der Waals surface area contributed by atoms with Crippen molar-refractivity contribution in [3.8, 4) is 0 Å². The molecule has 4 nitrogen and oxygen atoms in total. The van der Waals surface area contributed by atoms with E-state index in [1.54, 1.807) is 0 Å². The smallest absolute Gasteiger partial charge is 0.306 e. The van der Waals surface area contributed by atoms with Gasteiger partial charge in [-0.1, -0.05) is 0 Å². The second-order valence-corrected chi connectivity index (χ2v) is 7.30. The Morgan fingerprint density at radius 3 is 2.95 bits per heavy atom. The number of esters is 1. The van der Waals surface area contributed by atoms with E-state index in [0.717, 1.165) is 51.9 Å². The van der Waals surface area contributed by atoms with E-state index in [9.17, 15) is 4.79 Å². The van der Waals surface area contributed by atoms with Gasteiger partial charge in [0.25, 0.3) is 0 Å². The van der Waals surface area contributed by atoms with Gasteiger partial charge in [-0.2, -0.15) is 0 Å². The number of likely N-dealkylation sites (tertiary alicyclic amines) is 1. The average molecular weight is 307 g/mol. The molecule has 114 valence electrons. The maximum absolute atomic E-state index is 11.2. The van der Waals surface area contributed by atoms with Gasteiger partial charge in [0.05, 0.1) is 12.2 Å². The molecule has 4 heterocycles. The van der Waals surface area contributed by atoms with Crippen molar-refractivity contribution in [3.63, 3.8) is 0 Å². The largest absolute Gasteiger partial charge is 0.461 e. The summed E-state index contributed by atoms with van der Waals surface area (Å²) in [5, 5.41) is 2.20. The maximum Gasteiger partial charge on any atom is 0.306 e. The third-order valence-corrected chi connectivity index (χ3v) is 6.02. The molecular weight excluding hydrogens is 286 g/mol. The highest BCUT2D eigenvalue weighted by atomic mass is 32.1. The monoisotopic (exact) mass is 307 g/mol. The van der Waals surface area contributed by atoms with Gasteiger partial charge in [0.15, 0.2) is 0 Å². The lowest BCUT2D eigenvalue weighted by Gasteiger charge is -2.44. The lowest BCUT2D eigenvalue weighted by molar-refractivity contribution is -0.143. The molecule has 3 aliphatic heterocycles. The van der Waals surface area contributed by atoms with E-state index < -0.39 is 0 Å². The van der Waals surface area contributed by atoms with Gasteiger partial charge in [-0.25, -0.2) is 0 Å². The fourth-order valence-electron chi connectivity index (χ4n) is 3.87. The van der Waals surface area contributed by atoms with Crippen molar-refractivity contribution in [2.45, 2.75) is 43.8 Å². The second kappa shape index (κ2) is 5.38. The molecule has 1 aromatic heterocycles. The number of fused-ring (bicyclic) bond motifs is 2. The zero-order valence-electron chi connectivity index (χ0n) is 12.2. The van der Waals surface area contributed by atoms with E-state index >= 15 is 0 Å². The summed E-state index contributed by atoms with van der Waals surface area (Å²) in [6.07, 6.45) is 4.75. The molecule has 1 aromatic rings. The van der Waals surface area contributed by atoms with E-state index in [-0.39, 0.29) is 17.7 Å². The number of thiophene rings is 1. The first-order chi connectivity index (χ1) is 10.3. The van der Waals surface area contributed by atoms with Crippen molar-refractivity contribution in [2.24, 2.45) is 0 Å². The number of piperidine rings is 1. The van der Waals surface area contributed by atoms with E-state index in [1.807, 2.05) is 11.3 Å². The third-order valence-electron chi connectivity index (χ3n) is 5.04. The highest BCUT2D eigenvalue weighted by Gasteiger charge is 2.41. The topological polar surface area (TPSA) is 38.8 Å². The quantitative estimate of drug-likeness (QED) is 0.786. The van der Waals surface area contributed by atoms with Crippen LogP contribution in [0.4, 0.5) is 0 Å². The van der Waals surface area contributed by atoms with Crippen LogP contribution in [0.15, 0.2) is 11.4 Å². The number of cyclic esters (lactones) is 1. The number of hydrogen-bond donors (Lipinski definition) is 0. The number of carbonyl (C=O) groups excluding carboxylic acids is 1. The summed E-state index contributed by atoms with van der Waals surface area (Å²) in [5.74, 6) is -0.0352. The second-order valence-electron chi connectivity index (χ2n) is 6.30. The molecule has 1 spiro atoms. The first-order valence-corrected chi connectivity index (χ1v) is 8.76. The molecule has 0 aliphatic carbocycles. The van der Waals surface area contributed by atoms with Gasteiger partial charge in [0.2, 0.25) is 0 Å². The van der Waals surface area contributed by atoms with Crippen molar-refractivity contribution in [2.75, 3.05) is 26.2 Å². The minimum atomic E-state index is -0.0452. The lowest BCUT2D eigenvalue weighted by Crippen LogP contribution is -2.47. The van der Waals surface area contributed by atoms with Crippen molar-refractivity contribution >= 4 is 17.3 Å². The van der Waals surface area contributed by atoms with Crippen molar-refractivity contribution in [1.82, 2.24) is 4.90 Å². The Balaban J connectivity index is 1.40. The highest BCUT2D eigenvalue weighted by Crippen LogP contribution is 2.43. The summed E-state index contributed by atoms with van der Waals surface area (Å²) < 4.78 is 11.6.